The van der Waals surface area contributed by atoms with E-state index >= 15 is 0 Å². The minimum absolute atomic E-state index is 0.397. The highest BCUT2D eigenvalue weighted by molar-refractivity contribution is 6.33. The number of rotatable bonds is 4. The van der Waals surface area contributed by atoms with E-state index in [0.717, 1.165) is 29.9 Å². The molecule has 2 heterocycles. The third-order valence-corrected chi connectivity index (χ3v) is 3.61. The van der Waals surface area contributed by atoms with Gasteiger partial charge in [-0.15, -0.1) is 0 Å². The van der Waals surface area contributed by atoms with Crippen molar-refractivity contribution in [3.63, 3.8) is 0 Å². The number of hydrogen-bond acceptors (Lipinski definition) is 4. The number of methoxy groups -OCH3 is 1. The molecule has 0 N–H and O–H groups in total. The van der Waals surface area contributed by atoms with E-state index in [9.17, 15) is 0 Å². The van der Waals surface area contributed by atoms with Crippen LogP contribution in [0.4, 0.5) is 0 Å². The second-order valence-electron chi connectivity index (χ2n) is 4.73. The lowest BCUT2D eigenvalue weighted by Gasteiger charge is -2.09. The van der Waals surface area contributed by atoms with Crippen LogP contribution in [-0.4, -0.2) is 26.6 Å². The summed E-state index contributed by atoms with van der Waals surface area (Å²) in [6.45, 7) is 2.58. The van der Waals surface area contributed by atoms with E-state index in [2.05, 4.69) is 21.0 Å². The fourth-order valence-corrected chi connectivity index (χ4v) is 2.58. The second-order valence-corrected chi connectivity index (χ2v) is 5.09. The zero-order chi connectivity index (χ0) is 14.8. The average Bonchev–Trinajstić information content (AvgIpc) is 2.88. The molecule has 21 heavy (non-hydrogen) atoms. The quantitative estimate of drug-likeness (QED) is 0.695. The van der Waals surface area contributed by atoms with Crippen LogP contribution in [0.1, 0.15) is 11.4 Å². The molecule has 1 aromatic carbocycles. The van der Waals surface area contributed by atoms with Crippen molar-refractivity contribution in [1.82, 2.24) is 19.5 Å². The van der Waals surface area contributed by atoms with Crippen LogP contribution in [0.15, 0.2) is 30.6 Å². The van der Waals surface area contributed by atoms with Crippen LogP contribution < -0.4 is 4.74 Å². The van der Waals surface area contributed by atoms with E-state index in [1.165, 1.54) is 0 Å². The molecule has 0 spiro atoms. The summed E-state index contributed by atoms with van der Waals surface area (Å²) in [6.07, 6.45) is 2.58. The first kappa shape index (κ1) is 13.8. The van der Waals surface area contributed by atoms with Crippen molar-refractivity contribution in [2.75, 3.05) is 7.11 Å². The highest BCUT2D eigenvalue weighted by Gasteiger charge is 2.11. The van der Waals surface area contributed by atoms with E-state index < -0.39 is 0 Å². The third-order valence-electron chi connectivity index (χ3n) is 3.35. The topological polar surface area (TPSA) is 52.8 Å². The molecule has 0 aliphatic heterocycles. The SMILES string of the molecule is COc1ccccc1CCn1cnc2c(Cl)nc(C)nc21. The lowest BCUT2D eigenvalue weighted by molar-refractivity contribution is 0.408. The van der Waals surface area contributed by atoms with E-state index in [4.69, 9.17) is 16.3 Å². The summed E-state index contributed by atoms with van der Waals surface area (Å²) >= 11 is 6.09. The Morgan fingerprint density at radius 1 is 1.24 bits per heavy atom. The maximum atomic E-state index is 6.09. The van der Waals surface area contributed by atoms with Crippen molar-refractivity contribution in [1.29, 1.82) is 0 Å². The Labute approximate surface area is 127 Å². The zero-order valence-electron chi connectivity index (χ0n) is 11.9. The van der Waals surface area contributed by atoms with Gasteiger partial charge in [-0.3, -0.25) is 0 Å². The smallest absolute Gasteiger partial charge is 0.165 e. The number of ether oxygens (including phenoxy) is 1. The van der Waals surface area contributed by atoms with Crippen LogP contribution in [0.3, 0.4) is 0 Å². The van der Waals surface area contributed by atoms with Crippen molar-refractivity contribution >= 4 is 22.8 Å². The van der Waals surface area contributed by atoms with Crippen molar-refractivity contribution in [2.24, 2.45) is 0 Å². The average molecular weight is 303 g/mol. The molecule has 5 nitrogen and oxygen atoms in total. The Hall–Kier alpha value is -2.14. The molecular weight excluding hydrogens is 288 g/mol. The van der Waals surface area contributed by atoms with Gasteiger partial charge in [0.15, 0.2) is 10.8 Å². The van der Waals surface area contributed by atoms with Crippen molar-refractivity contribution in [3.05, 3.63) is 47.1 Å². The van der Waals surface area contributed by atoms with Crippen LogP contribution in [-0.2, 0) is 13.0 Å². The van der Waals surface area contributed by atoms with E-state index in [1.807, 2.05) is 29.7 Å². The molecule has 0 saturated heterocycles. The van der Waals surface area contributed by atoms with Crippen LogP contribution in [0.5, 0.6) is 5.75 Å². The first-order valence-electron chi connectivity index (χ1n) is 6.66. The minimum Gasteiger partial charge on any atom is -0.496 e. The Bertz CT molecular complexity index is 784. The molecule has 3 aromatic rings. The number of fused-ring (bicyclic) bond motifs is 1. The van der Waals surface area contributed by atoms with Gasteiger partial charge in [-0.25, -0.2) is 15.0 Å². The number of imidazole rings is 1. The Kier molecular flexibility index (Phi) is 3.75. The molecule has 0 fully saturated rings. The normalized spacial score (nSPS) is 11.0. The molecule has 0 unspecified atom stereocenters. The summed E-state index contributed by atoms with van der Waals surface area (Å²) in [6, 6.07) is 7.99. The van der Waals surface area contributed by atoms with Gasteiger partial charge in [-0.05, 0) is 25.0 Å². The summed E-state index contributed by atoms with van der Waals surface area (Å²) in [5.74, 6) is 1.54. The Morgan fingerprint density at radius 2 is 2.05 bits per heavy atom. The highest BCUT2D eigenvalue weighted by Crippen LogP contribution is 2.21. The lowest BCUT2D eigenvalue weighted by Crippen LogP contribution is -2.03. The van der Waals surface area contributed by atoms with Crippen LogP contribution in [0.2, 0.25) is 5.15 Å². The zero-order valence-corrected chi connectivity index (χ0v) is 12.6. The Balaban J connectivity index is 1.89. The summed E-state index contributed by atoms with van der Waals surface area (Å²) in [5, 5.41) is 0.397. The summed E-state index contributed by atoms with van der Waals surface area (Å²) < 4.78 is 7.36. The maximum absolute atomic E-state index is 6.09. The third kappa shape index (κ3) is 2.69. The van der Waals surface area contributed by atoms with Crippen LogP contribution in [0, 0.1) is 6.92 Å². The largest absolute Gasteiger partial charge is 0.496 e. The predicted molar refractivity (Wildman–Crippen MR) is 81.8 cm³/mol. The fourth-order valence-electron chi connectivity index (χ4n) is 2.33. The Morgan fingerprint density at radius 3 is 2.86 bits per heavy atom. The number of nitrogens with zero attached hydrogens (tertiary/aromatic N) is 4. The first-order chi connectivity index (χ1) is 10.2. The summed E-state index contributed by atoms with van der Waals surface area (Å²) in [7, 11) is 1.68. The minimum atomic E-state index is 0.397. The van der Waals surface area contributed by atoms with E-state index in [1.54, 1.807) is 13.4 Å². The van der Waals surface area contributed by atoms with Gasteiger partial charge in [0.05, 0.1) is 13.4 Å². The predicted octanol–water partition coefficient (Wildman–Crippen LogP) is 3.04. The first-order valence-corrected chi connectivity index (χ1v) is 7.03. The molecule has 108 valence electrons. The van der Waals surface area contributed by atoms with Gasteiger partial charge in [0.2, 0.25) is 0 Å². The maximum Gasteiger partial charge on any atom is 0.165 e. The number of hydrogen-bond donors (Lipinski definition) is 0. The van der Waals surface area contributed by atoms with Gasteiger partial charge in [0.1, 0.15) is 17.1 Å². The van der Waals surface area contributed by atoms with E-state index in [0.29, 0.717) is 16.5 Å². The fraction of sp³-hybridized carbons (Fsp3) is 0.267. The number of halogens is 1. The summed E-state index contributed by atoms with van der Waals surface area (Å²) in [5.41, 5.74) is 2.56. The van der Waals surface area contributed by atoms with Crippen LogP contribution in [0.25, 0.3) is 11.2 Å². The molecule has 0 amide bonds. The van der Waals surface area contributed by atoms with Gasteiger partial charge >= 0.3 is 0 Å². The number of benzene rings is 1. The van der Waals surface area contributed by atoms with Crippen LogP contribution >= 0.6 is 11.6 Å². The molecule has 0 bridgehead atoms. The highest BCUT2D eigenvalue weighted by atomic mass is 35.5. The molecule has 0 aliphatic rings. The standard InChI is InChI=1S/C15H15ClN4O/c1-10-18-14(16)13-15(19-10)20(9-17-13)8-7-11-5-3-4-6-12(11)21-2/h3-6,9H,7-8H2,1-2H3. The molecule has 3 rings (SSSR count). The van der Waals surface area contributed by atoms with E-state index in [-0.39, 0.29) is 0 Å². The molecule has 6 heteroatoms. The molecule has 0 saturated carbocycles. The second kappa shape index (κ2) is 5.69. The van der Waals surface area contributed by atoms with Gasteiger partial charge < -0.3 is 9.30 Å². The lowest BCUT2D eigenvalue weighted by atomic mass is 10.1. The van der Waals surface area contributed by atoms with Gasteiger partial charge in [0.25, 0.3) is 0 Å². The number of aromatic nitrogens is 4. The summed E-state index contributed by atoms with van der Waals surface area (Å²) in [4.78, 5) is 12.8. The van der Waals surface area contributed by atoms with Gasteiger partial charge in [0, 0.05) is 6.54 Å². The molecule has 0 atom stereocenters. The van der Waals surface area contributed by atoms with Gasteiger partial charge in [-0.1, -0.05) is 29.8 Å². The molecule has 0 aliphatic carbocycles. The van der Waals surface area contributed by atoms with Crippen molar-refractivity contribution in [2.45, 2.75) is 19.9 Å². The molecule has 2 aromatic heterocycles. The van der Waals surface area contributed by atoms with Crippen molar-refractivity contribution in [3.8, 4) is 5.75 Å². The monoisotopic (exact) mass is 302 g/mol. The van der Waals surface area contributed by atoms with Gasteiger partial charge in [-0.2, -0.15) is 0 Å². The molecule has 0 radical (unpaired) electrons. The van der Waals surface area contributed by atoms with Crippen molar-refractivity contribution < 1.29 is 4.74 Å². The molecular formula is C15H15ClN4O. The number of aryl methyl sites for hydroxylation is 3. The number of para-hydroxylation sites is 1.